The Bertz CT molecular complexity index is 427. The molecule has 0 aliphatic rings. The van der Waals surface area contributed by atoms with Crippen LogP contribution in [0.5, 0.6) is 0 Å². The molecule has 18 heavy (non-hydrogen) atoms. The summed E-state index contributed by atoms with van der Waals surface area (Å²) in [4.78, 5) is 11.8. The van der Waals surface area contributed by atoms with Crippen LogP contribution in [-0.4, -0.2) is 46.6 Å². The summed E-state index contributed by atoms with van der Waals surface area (Å²) in [5.41, 5.74) is 3.86. The van der Waals surface area contributed by atoms with Crippen molar-refractivity contribution in [3.05, 3.63) is 29.6 Å². The van der Waals surface area contributed by atoms with Crippen LogP contribution in [0.25, 0.3) is 0 Å². The average molecular weight is 258 g/mol. The first-order valence-electron chi connectivity index (χ1n) is 5.18. The summed E-state index contributed by atoms with van der Waals surface area (Å²) in [5, 5.41) is 29.4. The predicted octanol–water partition coefficient (Wildman–Crippen LogP) is -1.15. The van der Waals surface area contributed by atoms with Crippen LogP contribution in [-0.2, 0) is 0 Å². The summed E-state index contributed by atoms with van der Waals surface area (Å²) in [6.45, 7) is -1.94. The summed E-state index contributed by atoms with van der Waals surface area (Å²) in [6, 6.07) is 3.22. The molecule has 0 unspecified atom stereocenters. The van der Waals surface area contributed by atoms with E-state index in [9.17, 15) is 9.18 Å². The van der Waals surface area contributed by atoms with Crippen LogP contribution >= 0.6 is 0 Å². The summed E-state index contributed by atoms with van der Waals surface area (Å²) in [5.74, 6) is -1.30. The maximum Gasteiger partial charge on any atom is 0.254 e. The molecule has 1 amide bonds. The van der Waals surface area contributed by atoms with Gasteiger partial charge in [-0.2, -0.15) is 0 Å². The molecule has 1 aromatic carbocycles. The van der Waals surface area contributed by atoms with E-state index in [0.717, 1.165) is 12.1 Å². The number of hydrogen-bond acceptors (Lipinski definition) is 5. The standard InChI is InChI=1S/C11H15FN2O4/c12-7-1-2-8(9(13)3-7)10(18)14-11(4-15,5-16)6-17/h1-3,15-17H,4-6,13H2,(H,14,18). The SMILES string of the molecule is Nc1cc(F)ccc1C(=O)NC(CO)(CO)CO. The molecule has 0 fully saturated rings. The summed E-state index contributed by atoms with van der Waals surface area (Å²) < 4.78 is 12.8. The van der Waals surface area contributed by atoms with E-state index in [-0.39, 0.29) is 11.3 Å². The van der Waals surface area contributed by atoms with Gasteiger partial charge in [-0.05, 0) is 18.2 Å². The maximum absolute atomic E-state index is 12.8. The number of nitrogens with one attached hydrogen (secondary N) is 1. The maximum atomic E-state index is 12.8. The molecule has 6 nitrogen and oxygen atoms in total. The number of benzene rings is 1. The van der Waals surface area contributed by atoms with Crippen LogP contribution in [0, 0.1) is 5.82 Å². The number of carbonyl (C=O) groups excluding carboxylic acids is 1. The molecule has 0 spiro atoms. The minimum Gasteiger partial charge on any atom is -0.398 e. The Labute approximate surface area is 103 Å². The van der Waals surface area contributed by atoms with Gasteiger partial charge in [0.2, 0.25) is 0 Å². The first kappa shape index (κ1) is 14.4. The lowest BCUT2D eigenvalue weighted by molar-refractivity contribution is 0.0375. The van der Waals surface area contributed by atoms with Gasteiger partial charge in [0.15, 0.2) is 0 Å². The Kier molecular flexibility index (Phi) is 4.60. The van der Waals surface area contributed by atoms with Gasteiger partial charge in [-0.1, -0.05) is 0 Å². The Hall–Kier alpha value is -1.70. The zero-order valence-corrected chi connectivity index (χ0v) is 9.56. The van der Waals surface area contributed by atoms with Gasteiger partial charge in [0.05, 0.1) is 25.4 Å². The van der Waals surface area contributed by atoms with Crippen molar-refractivity contribution in [1.29, 1.82) is 0 Å². The number of hydrogen-bond donors (Lipinski definition) is 5. The third-order valence-corrected chi connectivity index (χ3v) is 2.54. The highest BCUT2D eigenvalue weighted by Crippen LogP contribution is 2.14. The van der Waals surface area contributed by atoms with E-state index in [4.69, 9.17) is 21.1 Å². The van der Waals surface area contributed by atoms with E-state index in [1.54, 1.807) is 0 Å². The number of nitrogen functional groups attached to an aromatic ring is 1. The Morgan fingerprint density at radius 2 is 1.83 bits per heavy atom. The van der Waals surface area contributed by atoms with Crippen LogP contribution in [0.15, 0.2) is 18.2 Å². The van der Waals surface area contributed by atoms with Gasteiger partial charge in [0, 0.05) is 5.69 Å². The number of halogens is 1. The molecule has 0 aliphatic heterocycles. The summed E-state index contributed by atoms with van der Waals surface area (Å²) in [6.07, 6.45) is 0. The minimum atomic E-state index is -1.54. The van der Waals surface area contributed by atoms with Gasteiger partial charge in [0.1, 0.15) is 11.4 Å². The van der Waals surface area contributed by atoms with Crippen molar-refractivity contribution in [2.24, 2.45) is 0 Å². The Morgan fingerprint density at radius 1 is 1.28 bits per heavy atom. The number of carbonyl (C=O) groups is 1. The molecule has 1 rings (SSSR count). The lowest BCUT2D eigenvalue weighted by atomic mass is 10.0. The molecule has 0 aliphatic carbocycles. The van der Waals surface area contributed by atoms with Crippen molar-refractivity contribution in [3.63, 3.8) is 0 Å². The Balaban J connectivity index is 2.94. The molecular formula is C11H15FN2O4. The predicted molar refractivity (Wildman–Crippen MR) is 62.3 cm³/mol. The van der Waals surface area contributed by atoms with Gasteiger partial charge in [0.25, 0.3) is 5.91 Å². The summed E-state index contributed by atoms with van der Waals surface area (Å²) >= 11 is 0. The van der Waals surface area contributed by atoms with Gasteiger partial charge in [-0.3, -0.25) is 4.79 Å². The summed E-state index contributed by atoms with van der Waals surface area (Å²) in [7, 11) is 0. The van der Waals surface area contributed by atoms with Crippen molar-refractivity contribution >= 4 is 11.6 Å². The van der Waals surface area contributed by atoms with Crippen molar-refractivity contribution < 1.29 is 24.5 Å². The molecule has 0 saturated heterocycles. The molecule has 6 N–H and O–H groups in total. The molecule has 0 bridgehead atoms. The van der Waals surface area contributed by atoms with Gasteiger partial charge < -0.3 is 26.4 Å². The molecule has 0 heterocycles. The fraction of sp³-hybridized carbons (Fsp3) is 0.364. The second-order valence-corrected chi connectivity index (χ2v) is 3.94. The van der Waals surface area contributed by atoms with Gasteiger partial charge >= 0.3 is 0 Å². The molecule has 100 valence electrons. The van der Waals surface area contributed by atoms with Crippen LogP contribution in [0.2, 0.25) is 0 Å². The van der Waals surface area contributed by atoms with Crippen molar-refractivity contribution in [1.82, 2.24) is 5.32 Å². The van der Waals surface area contributed by atoms with Gasteiger partial charge in [-0.25, -0.2) is 4.39 Å². The van der Waals surface area contributed by atoms with E-state index in [0.29, 0.717) is 0 Å². The highest BCUT2D eigenvalue weighted by Gasteiger charge is 2.30. The van der Waals surface area contributed by atoms with E-state index >= 15 is 0 Å². The molecule has 7 heteroatoms. The van der Waals surface area contributed by atoms with Crippen molar-refractivity contribution in [2.75, 3.05) is 25.6 Å². The lowest BCUT2D eigenvalue weighted by Gasteiger charge is -2.28. The zero-order chi connectivity index (χ0) is 13.8. The Morgan fingerprint density at radius 3 is 2.28 bits per heavy atom. The fourth-order valence-corrected chi connectivity index (χ4v) is 1.32. The highest BCUT2D eigenvalue weighted by molar-refractivity contribution is 5.99. The van der Waals surface area contributed by atoms with E-state index in [1.807, 2.05) is 0 Å². The molecule has 0 atom stereocenters. The minimum absolute atomic E-state index is 0.00359. The molecular weight excluding hydrogens is 243 g/mol. The number of nitrogens with two attached hydrogens (primary N) is 1. The van der Waals surface area contributed by atoms with Crippen LogP contribution in [0.1, 0.15) is 10.4 Å². The normalized spacial score (nSPS) is 11.3. The average Bonchev–Trinajstić information content (AvgIpc) is 2.36. The molecule has 0 radical (unpaired) electrons. The molecule has 0 saturated carbocycles. The number of anilines is 1. The quantitative estimate of drug-likeness (QED) is 0.428. The lowest BCUT2D eigenvalue weighted by Crippen LogP contribution is -2.57. The first-order valence-corrected chi connectivity index (χ1v) is 5.18. The largest absolute Gasteiger partial charge is 0.398 e. The highest BCUT2D eigenvalue weighted by atomic mass is 19.1. The van der Waals surface area contributed by atoms with E-state index in [1.165, 1.54) is 6.07 Å². The van der Waals surface area contributed by atoms with E-state index in [2.05, 4.69) is 5.32 Å². The second kappa shape index (κ2) is 5.76. The third-order valence-electron chi connectivity index (χ3n) is 2.54. The number of aliphatic hydroxyl groups excluding tert-OH is 3. The fourth-order valence-electron chi connectivity index (χ4n) is 1.32. The zero-order valence-electron chi connectivity index (χ0n) is 9.56. The monoisotopic (exact) mass is 258 g/mol. The van der Waals surface area contributed by atoms with Crippen LogP contribution in [0.4, 0.5) is 10.1 Å². The van der Waals surface area contributed by atoms with Crippen LogP contribution < -0.4 is 11.1 Å². The second-order valence-electron chi connectivity index (χ2n) is 3.94. The van der Waals surface area contributed by atoms with Crippen LogP contribution in [0.3, 0.4) is 0 Å². The molecule has 0 aromatic heterocycles. The van der Waals surface area contributed by atoms with Crippen molar-refractivity contribution in [3.8, 4) is 0 Å². The third kappa shape index (κ3) is 2.95. The number of amides is 1. The van der Waals surface area contributed by atoms with E-state index < -0.39 is 37.1 Å². The van der Waals surface area contributed by atoms with Gasteiger partial charge in [-0.15, -0.1) is 0 Å². The number of aliphatic hydroxyl groups is 3. The first-order chi connectivity index (χ1) is 8.48. The van der Waals surface area contributed by atoms with Crippen molar-refractivity contribution in [2.45, 2.75) is 5.54 Å². The topological polar surface area (TPSA) is 116 Å². The smallest absolute Gasteiger partial charge is 0.254 e. The number of rotatable bonds is 5. The molecule has 1 aromatic rings.